The minimum atomic E-state index is -0.0878. The fraction of sp³-hybridized carbons (Fsp3) is 0.476. The third-order valence-corrected chi connectivity index (χ3v) is 5.56. The molecule has 3 heterocycles. The number of hydrogen-bond acceptors (Lipinski definition) is 5. The van der Waals surface area contributed by atoms with E-state index >= 15 is 0 Å². The number of rotatable bonds is 3. The van der Waals surface area contributed by atoms with E-state index in [4.69, 9.17) is 4.74 Å². The van der Waals surface area contributed by atoms with Crippen LogP contribution < -0.4 is 5.32 Å². The number of carbonyl (C=O) groups excluding carboxylic acids is 1. The van der Waals surface area contributed by atoms with E-state index in [1.165, 1.54) is 0 Å². The van der Waals surface area contributed by atoms with Crippen LogP contribution in [-0.2, 0) is 4.74 Å². The second kappa shape index (κ2) is 8.67. The van der Waals surface area contributed by atoms with Gasteiger partial charge in [0, 0.05) is 50.5 Å². The molecular weight excluding hydrogens is 354 g/mol. The molecule has 1 aromatic heterocycles. The molecule has 28 heavy (non-hydrogen) atoms. The van der Waals surface area contributed by atoms with E-state index in [9.17, 15) is 4.79 Å². The van der Waals surface area contributed by atoms with E-state index < -0.39 is 0 Å². The smallest absolute Gasteiger partial charge is 0.322 e. The number of carbonyl (C=O) groups is 1. The van der Waals surface area contributed by atoms with Crippen molar-refractivity contribution in [2.24, 2.45) is 0 Å². The summed E-state index contributed by atoms with van der Waals surface area (Å²) in [4.78, 5) is 25.9. The lowest BCUT2D eigenvalue weighted by atomic mass is 10.0. The standard InChI is InChI=1S/C21H27N5O2/c1-16-15-25(19-7-11-28-12-8-19)9-10-26(16)21(27)24-18-13-22-20(23-14-18)17-5-3-2-4-6-17/h2-6,13-14,16,19H,7-12,15H2,1H3,(H,24,27)/t16-/m1/s1. The lowest BCUT2D eigenvalue weighted by molar-refractivity contribution is 0.00816. The monoisotopic (exact) mass is 381 g/mol. The SMILES string of the molecule is C[C@@H]1CN(C2CCOCC2)CCN1C(=O)Nc1cnc(-c2ccccc2)nc1. The number of amides is 2. The minimum absolute atomic E-state index is 0.0878. The number of piperazine rings is 1. The Morgan fingerprint density at radius 2 is 1.82 bits per heavy atom. The maximum atomic E-state index is 12.7. The molecule has 2 aromatic rings. The van der Waals surface area contributed by atoms with E-state index in [0.717, 1.165) is 51.3 Å². The number of aromatic nitrogens is 2. The summed E-state index contributed by atoms with van der Waals surface area (Å²) in [5.74, 6) is 0.650. The lowest BCUT2D eigenvalue weighted by Crippen LogP contribution is -2.58. The Labute approximate surface area is 165 Å². The topological polar surface area (TPSA) is 70.6 Å². The number of hydrogen-bond donors (Lipinski definition) is 1. The van der Waals surface area contributed by atoms with Gasteiger partial charge in [0.1, 0.15) is 0 Å². The molecule has 2 saturated heterocycles. The number of ether oxygens (including phenoxy) is 1. The van der Waals surface area contributed by atoms with Crippen LogP contribution in [-0.4, -0.2) is 70.7 Å². The molecule has 2 aliphatic rings. The highest BCUT2D eigenvalue weighted by Gasteiger charge is 2.31. The first kappa shape index (κ1) is 18.8. The predicted octanol–water partition coefficient (Wildman–Crippen LogP) is 2.86. The van der Waals surface area contributed by atoms with E-state index in [-0.39, 0.29) is 12.1 Å². The van der Waals surface area contributed by atoms with Crippen LogP contribution in [0.1, 0.15) is 19.8 Å². The largest absolute Gasteiger partial charge is 0.381 e. The summed E-state index contributed by atoms with van der Waals surface area (Å²) in [6.07, 6.45) is 5.50. The van der Waals surface area contributed by atoms with Gasteiger partial charge in [-0.1, -0.05) is 30.3 Å². The van der Waals surface area contributed by atoms with E-state index in [1.807, 2.05) is 35.2 Å². The molecule has 0 bridgehead atoms. The highest BCUT2D eigenvalue weighted by atomic mass is 16.5. The summed E-state index contributed by atoms with van der Waals surface area (Å²) in [5, 5.41) is 2.94. The Kier molecular flexibility index (Phi) is 5.83. The summed E-state index contributed by atoms with van der Waals surface area (Å²) < 4.78 is 5.47. The fourth-order valence-electron chi connectivity index (χ4n) is 3.99. The normalized spacial score (nSPS) is 21.5. The van der Waals surface area contributed by atoms with E-state index in [1.54, 1.807) is 12.4 Å². The van der Waals surface area contributed by atoms with E-state index in [2.05, 4.69) is 27.1 Å². The summed E-state index contributed by atoms with van der Waals surface area (Å²) in [7, 11) is 0. The van der Waals surface area contributed by atoms with Gasteiger partial charge in [-0.3, -0.25) is 4.90 Å². The zero-order valence-electron chi connectivity index (χ0n) is 16.3. The number of nitrogens with one attached hydrogen (secondary N) is 1. The van der Waals surface area contributed by atoms with Gasteiger partial charge >= 0.3 is 6.03 Å². The molecule has 0 saturated carbocycles. The average Bonchev–Trinajstić information content (AvgIpc) is 2.75. The van der Waals surface area contributed by atoms with Crippen molar-refractivity contribution < 1.29 is 9.53 Å². The van der Waals surface area contributed by atoms with Crippen molar-refractivity contribution in [2.45, 2.75) is 31.8 Å². The van der Waals surface area contributed by atoms with Crippen LogP contribution in [0.25, 0.3) is 11.4 Å². The van der Waals surface area contributed by atoms with Gasteiger partial charge < -0.3 is 15.0 Å². The maximum Gasteiger partial charge on any atom is 0.322 e. The second-order valence-electron chi connectivity index (χ2n) is 7.47. The lowest BCUT2D eigenvalue weighted by Gasteiger charge is -2.44. The third-order valence-electron chi connectivity index (χ3n) is 5.56. The van der Waals surface area contributed by atoms with E-state index in [0.29, 0.717) is 17.6 Å². The summed E-state index contributed by atoms with van der Waals surface area (Å²) in [6.45, 7) is 6.35. The van der Waals surface area contributed by atoms with Crippen LogP contribution in [0.2, 0.25) is 0 Å². The zero-order chi connectivity index (χ0) is 19.3. The molecule has 7 nitrogen and oxygen atoms in total. The van der Waals surface area contributed by atoms with Crippen LogP contribution in [0.15, 0.2) is 42.7 Å². The van der Waals surface area contributed by atoms with Gasteiger partial charge in [0.15, 0.2) is 5.82 Å². The Bertz CT molecular complexity index is 777. The minimum Gasteiger partial charge on any atom is -0.381 e. The Hall–Kier alpha value is -2.51. The Morgan fingerprint density at radius 1 is 1.11 bits per heavy atom. The summed E-state index contributed by atoms with van der Waals surface area (Å²) >= 11 is 0. The van der Waals surface area contributed by atoms with Crippen molar-refractivity contribution in [3.8, 4) is 11.4 Å². The van der Waals surface area contributed by atoms with Gasteiger partial charge in [0.2, 0.25) is 0 Å². The van der Waals surface area contributed by atoms with Gasteiger partial charge in [0.25, 0.3) is 0 Å². The van der Waals surface area contributed by atoms with Gasteiger partial charge in [-0.2, -0.15) is 0 Å². The molecule has 0 aliphatic carbocycles. The molecular formula is C21H27N5O2. The Balaban J connectivity index is 1.33. The number of anilines is 1. The predicted molar refractivity (Wildman–Crippen MR) is 108 cm³/mol. The molecule has 0 spiro atoms. The van der Waals surface area contributed by atoms with Gasteiger partial charge in [-0.15, -0.1) is 0 Å². The van der Waals surface area contributed by atoms with Crippen molar-refractivity contribution in [1.82, 2.24) is 19.8 Å². The van der Waals surface area contributed by atoms with Gasteiger partial charge in [0.05, 0.1) is 18.1 Å². The second-order valence-corrected chi connectivity index (χ2v) is 7.47. The van der Waals surface area contributed by atoms with Crippen LogP contribution >= 0.6 is 0 Å². The molecule has 0 unspecified atom stereocenters. The van der Waals surface area contributed by atoms with Crippen LogP contribution in [0.5, 0.6) is 0 Å². The molecule has 4 rings (SSSR count). The molecule has 1 aromatic carbocycles. The van der Waals surface area contributed by atoms with Crippen molar-refractivity contribution in [3.63, 3.8) is 0 Å². The molecule has 148 valence electrons. The van der Waals surface area contributed by atoms with Crippen molar-refractivity contribution in [2.75, 3.05) is 38.2 Å². The number of urea groups is 1. The van der Waals surface area contributed by atoms with Crippen molar-refractivity contribution in [1.29, 1.82) is 0 Å². The first-order valence-electron chi connectivity index (χ1n) is 9.97. The molecule has 1 atom stereocenters. The molecule has 2 amide bonds. The zero-order valence-corrected chi connectivity index (χ0v) is 16.3. The highest BCUT2D eigenvalue weighted by molar-refractivity contribution is 5.89. The van der Waals surface area contributed by atoms with Crippen molar-refractivity contribution >= 4 is 11.7 Å². The van der Waals surface area contributed by atoms with Crippen LogP contribution in [0, 0.1) is 0 Å². The highest BCUT2D eigenvalue weighted by Crippen LogP contribution is 2.20. The summed E-state index contributed by atoms with van der Waals surface area (Å²) in [6, 6.07) is 10.5. The molecule has 0 radical (unpaired) electrons. The molecule has 2 fully saturated rings. The fourth-order valence-corrected chi connectivity index (χ4v) is 3.99. The average molecular weight is 381 g/mol. The summed E-state index contributed by atoms with van der Waals surface area (Å²) in [5.41, 5.74) is 1.57. The number of benzene rings is 1. The maximum absolute atomic E-state index is 12.7. The number of nitrogens with zero attached hydrogens (tertiary/aromatic N) is 4. The quantitative estimate of drug-likeness (QED) is 0.885. The van der Waals surface area contributed by atoms with Gasteiger partial charge in [-0.05, 0) is 19.8 Å². The first-order chi connectivity index (χ1) is 13.7. The molecule has 7 heteroatoms. The van der Waals surface area contributed by atoms with Crippen LogP contribution in [0.3, 0.4) is 0 Å². The van der Waals surface area contributed by atoms with Crippen LogP contribution in [0.4, 0.5) is 10.5 Å². The molecule has 1 N–H and O–H groups in total. The van der Waals surface area contributed by atoms with Gasteiger partial charge in [-0.25, -0.2) is 14.8 Å². The Morgan fingerprint density at radius 3 is 2.50 bits per heavy atom. The molecule has 2 aliphatic heterocycles. The third kappa shape index (κ3) is 4.31. The van der Waals surface area contributed by atoms with Crippen molar-refractivity contribution in [3.05, 3.63) is 42.7 Å². The first-order valence-corrected chi connectivity index (χ1v) is 9.97.